The smallest absolute Gasteiger partial charge is 0.119 e. The average Bonchev–Trinajstić information content (AvgIpc) is 2.37. The second-order valence-corrected chi connectivity index (χ2v) is 4.59. The molecule has 0 aliphatic rings. The van der Waals surface area contributed by atoms with Crippen molar-refractivity contribution < 1.29 is 4.74 Å². The fourth-order valence-electron chi connectivity index (χ4n) is 1.95. The third kappa shape index (κ3) is 4.39. The first-order valence-electron chi connectivity index (χ1n) is 6.61. The van der Waals surface area contributed by atoms with E-state index in [1.54, 1.807) is 0 Å². The SMILES string of the molecule is CCOc1ccc(C(CC(C)CC)NC)cc1. The number of rotatable bonds is 7. The van der Waals surface area contributed by atoms with Gasteiger partial charge in [-0.15, -0.1) is 0 Å². The van der Waals surface area contributed by atoms with E-state index in [4.69, 9.17) is 4.74 Å². The number of benzene rings is 1. The fraction of sp³-hybridized carbons (Fsp3) is 0.600. The number of ether oxygens (including phenoxy) is 1. The Morgan fingerprint density at radius 1 is 1.18 bits per heavy atom. The molecule has 2 heteroatoms. The van der Waals surface area contributed by atoms with E-state index in [9.17, 15) is 0 Å². The molecule has 1 aromatic rings. The molecule has 0 amide bonds. The summed E-state index contributed by atoms with van der Waals surface area (Å²) in [5, 5.41) is 3.39. The molecule has 17 heavy (non-hydrogen) atoms. The van der Waals surface area contributed by atoms with E-state index in [1.807, 2.05) is 14.0 Å². The highest BCUT2D eigenvalue weighted by Gasteiger charge is 2.12. The van der Waals surface area contributed by atoms with Gasteiger partial charge in [0, 0.05) is 6.04 Å². The van der Waals surface area contributed by atoms with Crippen molar-refractivity contribution in [3.05, 3.63) is 29.8 Å². The Balaban J connectivity index is 2.68. The summed E-state index contributed by atoms with van der Waals surface area (Å²) in [5.74, 6) is 1.70. The van der Waals surface area contributed by atoms with Crippen molar-refractivity contribution in [3.63, 3.8) is 0 Å². The van der Waals surface area contributed by atoms with Crippen LogP contribution in [-0.2, 0) is 0 Å². The maximum absolute atomic E-state index is 5.46. The van der Waals surface area contributed by atoms with Crippen LogP contribution in [0.3, 0.4) is 0 Å². The number of hydrogen-bond acceptors (Lipinski definition) is 2. The van der Waals surface area contributed by atoms with Crippen molar-refractivity contribution in [1.29, 1.82) is 0 Å². The summed E-state index contributed by atoms with van der Waals surface area (Å²) in [6, 6.07) is 8.88. The predicted octanol–water partition coefficient (Wildman–Crippen LogP) is 3.78. The molecule has 1 aromatic carbocycles. The van der Waals surface area contributed by atoms with E-state index in [-0.39, 0.29) is 0 Å². The van der Waals surface area contributed by atoms with Crippen LogP contribution in [0.4, 0.5) is 0 Å². The zero-order chi connectivity index (χ0) is 12.7. The molecule has 0 aliphatic heterocycles. The van der Waals surface area contributed by atoms with E-state index < -0.39 is 0 Å². The number of nitrogens with one attached hydrogen (secondary N) is 1. The minimum atomic E-state index is 0.445. The van der Waals surface area contributed by atoms with Crippen LogP contribution in [0.5, 0.6) is 5.75 Å². The lowest BCUT2D eigenvalue weighted by molar-refractivity contribution is 0.340. The molecule has 2 nitrogen and oxygen atoms in total. The van der Waals surface area contributed by atoms with Crippen molar-refractivity contribution >= 4 is 0 Å². The Morgan fingerprint density at radius 2 is 1.82 bits per heavy atom. The zero-order valence-electron chi connectivity index (χ0n) is 11.5. The van der Waals surface area contributed by atoms with Gasteiger partial charge in [-0.05, 0) is 44.0 Å². The lowest BCUT2D eigenvalue weighted by Crippen LogP contribution is -2.18. The van der Waals surface area contributed by atoms with E-state index in [1.165, 1.54) is 18.4 Å². The molecule has 0 heterocycles. The Morgan fingerprint density at radius 3 is 2.29 bits per heavy atom. The minimum absolute atomic E-state index is 0.445. The van der Waals surface area contributed by atoms with Gasteiger partial charge >= 0.3 is 0 Å². The molecule has 0 saturated heterocycles. The van der Waals surface area contributed by atoms with Gasteiger partial charge in [0.2, 0.25) is 0 Å². The molecule has 0 saturated carbocycles. The monoisotopic (exact) mass is 235 g/mol. The van der Waals surface area contributed by atoms with Gasteiger partial charge in [0.15, 0.2) is 0 Å². The van der Waals surface area contributed by atoms with E-state index >= 15 is 0 Å². The molecule has 2 unspecified atom stereocenters. The van der Waals surface area contributed by atoms with Gasteiger partial charge < -0.3 is 10.1 Å². The van der Waals surface area contributed by atoms with Gasteiger partial charge in [0.25, 0.3) is 0 Å². The third-order valence-corrected chi connectivity index (χ3v) is 3.28. The Hall–Kier alpha value is -1.02. The lowest BCUT2D eigenvalue weighted by Gasteiger charge is -2.20. The molecular formula is C15H25NO. The lowest BCUT2D eigenvalue weighted by atomic mass is 9.94. The number of hydrogen-bond donors (Lipinski definition) is 1. The van der Waals surface area contributed by atoms with Gasteiger partial charge in [-0.1, -0.05) is 32.4 Å². The highest BCUT2D eigenvalue weighted by Crippen LogP contribution is 2.24. The Kier molecular flexibility index (Phi) is 6.06. The summed E-state index contributed by atoms with van der Waals surface area (Å²) >= 11 is 0. The highest BCUT2D eigenvalue weighted by molar-refractivity contribution is 5.29. The first-order valence-corrected chi connectivity index (χ1v) is 6.61. The molecule has 96 valence electrons. The van der Waals surface area contributed by atoms with Crippen molar-refractivity contribution in [1.82, 2.24) is 5.32 Å². The standard InChI is InChI=1S/C15H25NO/c1-5-12(3)11-15(16-4)13-7-9-14(10-8-13)17-6-2/h7-10,12,15-16H,5-6,11H2,1-4H3. The van der Waals surface area contributed by atoms with Crippen LogP contribution < -0.4 is 10.1 Å². The Bertz CT molecular complexity index is 307. The third-order valence-electron chi connectivity index (χ3n) is 3.28. The van der Waals surface area contributed by atoms with Crippen LogP contribution in [0, 0.1) is 5.92 Å². The van der Waals surface area contributed by atoms with Gasteiger partial charge in [-0.2, -0.15) is 0 Å². The molecule has 1 N–H and O–H groups in total. The topological polar surface area (TPSA) is 21.3 Å². The average molecular weight is 235 g/mol. The first kappa shape index (κ1) is 14.0. The van der Waals surface area contributed by atoms with Gasteiger partial charge in [0.05, 0.1) is 6.61 Å². The Labute approximate surface area is 105 Å². The van der Waals surface area contributed by atoms with Crippen molar-refractivity contribution in [3.8, 4) is 5.75 Å². The second kappa shape index (κ2) is 7.33. The van der Waals surface area contributed by atoms with Crippen LogP contribution in [0.2, 0.25) is 0 Å². The summed E-state index contributed by atoms with van der Waals surface area (Å²) in [5.41, 5.74) is 1.34. The van der Waals surface area contributed by atoms with Crippen LogP contribution >= 0.6 is 0 Å². The molecule has 2 atom stereocenters. The maximum atomic E-state index is 5.46. The quantitative estimate of drug-likeness (QED) is 0.776. The summed E-state index contributed by atoms with van der Waals surface area (Å²) in [6.45, 7) is 7.28. The van der Waals surface area contributed by atoms with E-state index in [2.05, 4.69) is 43.4 Å². The summed E-state index contributed by atoms with van der Waals surface area (Å²) < 4.78 is 5.46. The van der Waals surface area contributed by atoms with Crippen molar-refractivity contribution in [2.75, 3.05) is 13.7 Å². The van der Waals surface area contributed by atoms with Crippen molar-refractivity contribution in [2.45, 2.75) is 39.7 Å². The van der Waals surface area contributed by atoms with Crippen LogP contribution in [0.15, 0.2) is 24.3 Å². The van der Waals surface area contributed by atoms with Crippen molar-refractivity contribution in [2.24, 2.45) is 5.92 Å². The van der Waals surface area contributed by atoms with E-state index in [0.717, 1.165) is 18.3 Å². The van der Waals surface area contributed by atoms with Crippen LogP contribution in [0.1, 0.15) is 45.2 Å². The minimum Gasteiger partial charge on any atom is -0.494 e. The molecule has 0 aliphatic carbocycles. The summed E-state index contributed by atoms with van der Waals surface area (Å²) in [4.78, 5) is 0. The molecule has 0 spiro atoms. The summed E-state index contributed by atoms with van der Waals surface area (Å²) in [6.07, 6.45) is 2.41. The molecule has 0 bridgehead atoms. The molecule has 0 aromatic heterocycles. The largest absolute Gasteiger partial charge is 0.494 e. The highest BCUT2D eigenvalue weighted by atomic mass is 16.5. The fourth-order valence-corrected chi connectivity index (χ4v) is 1.95. The van der Waals surface area contributed by atoms with Gasteiger partial charge in [-0.3, -0.25) is 0 Å². The molecule has 0 radical (unpaired) electrons. The molecule has 0 fully saturated rings. The second-order valence-electron chi connectivity index (χ2n) is 4.59. The van der Waals surface area contributed by atoms with E-state index in [0.29, 0.717) is 6.04 Å². The predicted molar refractivity (Wildman–Crippen MR) is 73.5 cm³/mol. The zero-order valence-corrected chi connectivity index (χ0v) is 11.5. The summed E-state index contributed by atoms with van der Waals surface area (Å²) in [7, 11) is 2.03. The molecule has 1 rings (SSSR count). The first-order chi connectivity index (χ1) is 8.21. The van der Waals surface area contributed by atoms with Gasteiger partial charge in [-0.25, -0.2) is 0 Å². The maximum Gasteiger partial charge on any atom is 0.119 e. The normalized spacial score (nSPS) is 14.4. The van der Waals surface area contributed by atoms with Crippen LogP contribution in [0.25, 0.3) is 0 Å². The van der Waals surface area contributed by atoms with Gasteiger partial charge in [0.1, 0.15) is 5.75 Å². The van der Waals surface area contributed by atoms with Crippen LogP contribution in [-0.4, -0.2) is 13.7 Å². The molecular weight excluding hydrogens is 210 g/mol.